The molecule has 2 unspecified atom stereocenters. The third kappa shape index (κ3) is 3.25. The van der Waals surface area contributed by atoms with Crippen LogP contribution in [-0.2, 0) is 0 Å². The zero-order valence-corrected chi connectivity index (χ0v) is 12.0. The van der Waals surface area contributed by atoms with Crippen LogP contribution in [0, 0.1) is 11.8 Å². The molecule has 4 nitrogen and oxygen atoms in total. The lowest BCUT2D eigenvalue weighted by molar-refractivity contribution is 0.0621. The first-order valence-corrected chi connectivity index (χ1v) is 7.11. The quantitative estimate of drug-likeness (QED) is 0.909. The lowest BCUT2D eigenvalue weighted by Crippen LogP contribution is -2.42. The van der Waals surface area contributed by atoms with Gasteiger partial charge in [0, 0.05) is 19.6 Å². The van der Waals surface area contributed by atoms with Gasteiger partial charge in [-0.3, -0.25) is 4.79 Å². The second kappa shape index (κ2) is 6.04. The lowest BCUT2D eigenvalue weighted by Gasteiger charge is -2.35. The maximum atomic E-state index is 12.4. The molecule has 0 radical (unpaired) electrons. The number of amides is 1. The standard InChI is InChI=1S/C15H23N3O/c1-4-16-13-5-6-14(17-9-13)15(19)18-8-7-11(2)12(3)10-18/h5-6,9,11-12,16H,4,7-8,10H2,1-3H3. The summed E-state index contributed by atoms with van der Waals surface area (Å²) in [5.74, 6) is 1.33. The summed E-state index contributed by atoms with van der Waals surface area (Å²) in [7, 11) is 0. The Kier molecular flexibility index (Phi) is 4.40. The largest absolute Gasteiger partial charge is 0.384 e. The van der Waals surface area contributed by atoms with Gasteiger partial charge < -0.3 is 10.2 Å². The molecule has 1 aliphatic heterocycles. The van der Waals surface area contributed by atoms with Crippen molar-refractivity contribution in [2.45, 2.75) is 27.2 Å². The Morgan fingerprint density at radius 2 is 2.21 bits per heavy atom. The predicted molar refractivity (Wildman–Crippen MR) is 77.2 cm³/mol. The highest BCUT2D eigenvalue weighted by Gasteiger charge is 2.26. The van der Waals surface area contributed by atoms with Crippen LogP contribution >= 0.6 is 0 Å². The number of anilines is 1. The topological polar surface area (TPSA) is 45.2 Å². The average Bonchev–Trinajstić information content (AvgIpc) is 2.42. The van der Waals surface area contributed by atoms with Crippen LogP contribution in [0.25, 0.3) is 0 Å². The number of carbonyl (C=O) groups is 1. The Bertz CT molecular complexity index is 430. The number of hydrogen-bond donors (Lipinski definition) is 1. The fourth-order valence-corrected chi connectivity index (χ4v) is 2.44. The predicted octanol–water partition coefficient (Wildman–Crippen LogP) is 2.63. The van der Waals surface area contributed by atoms with Gasteiger partial charge in [0.25, 0.3) is 5.91 Å². The fourth-order valence-electron chi connectivity index (χ4n) is 2.44. The number of pyridine rings is 1. The first-order chi connectivity index (χ1) is 9.11. The van der Waals surface area contributed by atoms with Crippen molar-refractivity contribution in [2.24, 2.45) is 11.8 Å². The van der Waals surface area contributed by atoms with E-state index in [9.17, 15) is 4.79 Å². The van der Waals surface area contributed by atoms with E-state index < -0.39 is 0 Å². The van der Waals surface area contributed by atoms with Gasteiger partial charge >= 0.3 is 0 Å². The molecule has 0 spiro atoms. The number of rotatable bonds is 3. The van der Waals surface area contributed by atoms with Gasteiger partial charge in [0.2, 0.25) is 0 Å². The Labute approximate surface area is 115 Å². The monoisotopic (exact) mass is 261 g/mol. The first kappa shape index (κ1) is 13.8. The number of aromatic nitrogens is 1. The first-order valence-electron chi connectivity index (χ1n) is 7.11. The van der Waals surface area contributed by atoms with Crippen molar-refractivity contribution in [1.82, 2.24) is 9.88 Å². The molecule has 2 rings (SSSR count). The van der Waals surface area contributed by atoms with E-state index in [0.29, 0.717) is 17.5 Å². The molecule has 0 aliphatic carbocycles. The minimum Gasteiger partial charge on any atom is -0.384 e. The van der Waals surface area contributed by atoms with E-state index in [2.05, 4.69) is 24.1 Å². The van der Waals surface area contributed by atoms with Crippen molar-refractivity contribution in [1.29, 1.82) is 0 Å². The highest BCUT2D eigenvalue weighted by molar-refractivity contribution is 5.92. The maximum Gasteiger partial charge on any atom is 0.272 e. The summed E-state index contributed by atoms with van der Waals surface area (Å²) in [6.45, 7) is 9.06. The molecule has 1 aliphatic rings. The van der Waals surface area contributed by atoms with Crippen LogP contribution in [-0.4, -0.2) is 35.4 Å². The Hall–Kier alpha value is -1.58. The minimum atomic E-state index is 0.0572. The van der Waals surface area contributed by atoms with Crippen LogP contribution < -0.4 is 5.32 Å². The summed E-state index contributed by atoms with van der Waals surface area (Å²) in [6.07, 6.45) is 2.81. The van der Waals surface area contributed by atoms with E-state index in [-0.39, 0.29) is 5.91 Å². The van der Waals surface area contributed by atoms with Crippen LogP contribution in [0.4, 0.5) is 5.69 Å². The summed E-state index contributed by atoms with van der Waals surface area (Å²) < 4.78 is 0. The summed E-state index contributed by atoms with van der Waals surface area (Å²) in [5.41, 5.74) is 1.50. The second-order valence-corrected chi connectivity index (χ2v) is 5.46. The van der Waals surface area contributed by atoms with Crippen molar-refractivity contribution in [3.05, 3.63) is 24.0 Å². The summed E-state index contributed by atoms with van der Waals surface area (Å²) >= 11 is 0. The molecular formula is C15H23N3O. The van der Waals surface area contributed by atoms with Gasteiger partial charge in [-0.1, -0.05) is 13.8 Å². The van der Waals surface area contributed by atoms with Crippen LogP contribution in [0.1, 0.15) is 37.7 Å². The van der Waals surface area contributed by atoms with Gasteiger partial charge in [0.15, 0.2) is 0 Å². The Morgan fingerprint density at radius 1 is 1.42 bits per heavy atom. The SMILES string of the molecule is CCNc1ccc(C(=O)N2CCC(C)C(C)C2)nc1. The zero-order valence-electron chi connectivity index (χ0n) is 12.0. The van der Waals surface area contributed by atoms with Crippen molar-refractivity contribution in [2.75, 3.05) is 25.0 Å². The zero-order chi connectivity index (χ0) is 13.8. The molecule has 1 amide bonds. The lowest BCUT2D eigenvalue weighted by atomic mass is 9.88. The minimum absolute atomic E-state index is 0.0572. The van der Waals surface area contributed by atoms with Gasteiger partial charge in [-0.25, -0.2) is 4.98 Å². The highest BCUT2D eigenvalue weighted by atomic mass is 16.2. The second-order valence-electron chi connectivity index (χ2n) is 5.46. The van der Waals surface area contributed by atoms with E-state index in [1.165, 1.54) is 0 Å². The van der Waals surface area contributed by atoms with Crippen molar-refractivity contribution in [3.8, 4) is 0 Å². The van der Waals surface area contributed by atoms with Crippen LogP contribution in [0.3, 0.4) is 0 Å². The summed E-state index contributed by atoms with van der Waals surface area (Å²) in [4.78, 5) is 18.6. The molecule has 2 atom stereocenters. The molecule has 104 valence electrons. The molecule has 1 aromatic heterocycles. The molecule has 0 aromatic carbocycles. The number of nitrogens with zero attached hydrogens (tertiary/aromatic N) is 2. The average molecular weight is 261 g/mol. The summed E-state index contributed by atoms with van der Waals surface area (Å²) in [6, 6.07) is 3.72. The molecule has 0 bridgehead atoms. The van der Waals surface area contributed by atoms with E-state index in [1.54, 1.807) is 6.20 Å². The molecule has 19 heavy (non-hydrogen) atoms. The Morgan fingerprint density at radius 3 is 2.79 bits per heavy atom. The molecule has 2 heterocycles. The van der Waals surface area contributed by atoms with E-state index in [1.807, 2.05) is 24.0 Å². The van der Waals surface area contributed by atoms with Crippen LogP contribution in [0.15, 0.2) is 18.3 Å². The van der Waals surface area contributed by atoms with Crippen molar-refractivity contribution in [3.63, 3.8) is 0 Å². The third-order valence-electron chi connectivity index (χ3n) is 3.98. The Balaban J connectivity index is 2.03. The van der Waals surface area contributed by atoms with Crippen LogP contribution in [0.2, 0.25) is 0 Å². The molecule has 1 fully saturated rings. The van der Waals surface area contributed by atoms with Gasteiger partial charge in [0.1, 0.15) is 5.69 Å². The molecule has 0 saturated carbocycles. The normalized spacial score (nSPS) is 23.2. The summed E-state index contributed by atoms with van der Waals surface area (Å²) in [5, 5.41) is 3.18. The van der Waals surface area contributed by atoms with Gasteiger partial charge in [-0.05, 0) is 37.3 Å². The molecule has 1 N–H and O–H groups in total. The van der Waals surface area contributed by atoms with Crippen LogP contribution in [0.5, 0.6) is 0 Å². The van der Waals surface area contributed by atoms with E-state index >= 15 is 0 Å². The van der Waals surface area contributed by atoms with Gasteiger partial charge in [-0.15, -0.1) is 0 Å². The number of piperidine rings is 1. The van der Waals surface area contributed by atoms with E-state index in [0.717, 1.165) is 31.7 Å². The third-order valence-corrected chi connectivity index (χ3v) is 3.98. The van der Waals surface area contributed by atoms with Crippen molar-refractivity contribution < 1.29 is 4.79 Å². The van der Waals surface area contributed by atoms with Gasteiger partial charge in [0.05, 0.1) is 11.9 Å². The van der Waals surface area contributed by atoms with Gasteiger partial charge in [-0.2, -0.15) is 0 Å². The highest BCUT2D eigenvalue weighted by Crippen LogP contribution is 2.23. The maximum absolute atomic E-state index is 12.4. The molecule has 1 saturated heterocycles. The number of hydrogen-bond acceptors (Lipinski definition) is 3. The fraction of sp³-hybridized carbons (Fsp3) is 0.600. The molecule has 1 aromatic rings. The number of likely N-dealkylation sites (tertiary alicyclic amines) is 1. The smallest absolute Gasteiger partial charge is 0.272 e. The van der Waals surface area contributed by atoms with Crippen molar-refractivity contribution >= 4 is 11.6 Å². The molecule has 4 heteroatoms. The number of carbonyl (C=O) groups excluding carboxylic acids is 1. The molecular weight excluding hydrogens is 238 g/mol. The number of nitrogens with one attached hydrogen (secondary N) is 1. The van der Waals surface area contributed by atoms with E-state index in [4.69, 9.17) is 0 Å².